The van der Waals surface area contributed by atoms with Crippen molar-refractivity contribution < 1.29 is 4.74 Å². The van der Waals surface area contributed by atoms with Crippen LogP contribution in [0.5, 0.6) is 5.88 Å². The second kappa shape index (κ2) is 5.08. The van der Waals surface area contributed by atoms with Gasteiger partial charge < -0.3 is 10.1 Å². The van der Waals surface area contributed by atoms with Crippen LogP contribution in [0.3, 0.4) is 0 Å². The summed E-state index contributed by atoms with van der Waals surface area (Å²) in [4.78, 5) is 4.25. The monoisotopic (exact) mass is 246 g/mol. The van der Waals surface area contributed by atoms with Crippen molar-refractivity contribution in [2.45, 2.75) is 20.4 Å². The van der Waals surface area contributed by atoms with E-state index in [-0.39, 0.29) is 0 Å². The molecule has 0 atom stereocenters. The number of nitrogens with one attached hydrogen (secondary N) is 1. The Morgan fingerprint density at radius 2 is 2.11 bits per heavy atom. The van der Waals surface area contributed by atoms with Crippen molar-refractivity contribution in [2.75, 3.05) is 12.4 Å². The number of aromatic nitrogens is 3. The minimum absolute atomic E-state index is 0.676. The average Bonchev–Trinajstić information content (AvgIpc) is 2.62. The number of hydrogen-bond donors (Lipinski definition) is 1. The van der Waals surface area contributed by atoms with Crippen LogP contribution in [0.1, 0.15) is 17.0 Å². The van der Waals surface area contributed by atoms with E-state index >= 15 is 0 Å². The van der Waals surface area contributed by atoms with Crippen LogP contribution in [0.25, 0.3) is 0 Å². The van der Waals surface area contributed by atoms with Gasteiger partial charge in [0.2, 0.25) is 5.88 Å². The molecule has 2 aromatic rings. The van der Waals surface area contributed by atoms with Crippen molar-refractivity contribution in [1.82, 2.24) is 14.8 Å². The fraction of sp³-hybridized carbons (Fsp3) is 0.385. The summed E-state index contributed by atoms with van der Waals surface area (Å²) in [7, 11) is 3.54. The van der Waals surface area contributed by atoms with E-state index in [2.05, 4.69) is 15.4 Å². The molecular formula is C13H18N4O. The maximum Gasteiger partial charge on any atom is 0.216 e. The lowest BCUT2D eigenvalue weighted by Crippen LogP contribution is -2.04. The number of aryl methyl sites for hydroxylation is 3. The Hall–Kier alpha value is -2.04. The van der Waals surface area contributed by atoms with Gasteiger partial charge in [-0.25, -0.2) is 4.68 Å². The van der Waals surface area contributed by atoms with E-state index in [1.54, 1.807) is 18.0 Å². The summed E-state index contributed by atoms with van der Waals surface area (Å²) in [6.45, 7) is 4.64. The molecule has 5 heteroatoms. The summed E-state index contributed by atoms with van der Waals surface area (Å²) in [5, 5.41) is 7.71. The number of nitrogens with zero attached hydrogens (tertiary/aromatic N) is 3. The molecule has 0 saturated carbocycles. The lowest BCUT2D eigenvalue weighted by molar-refractivity contribution is 0.370. The van der Waals surface area contributed by atoms with Gasteiger partial charge in [0.1, 0.15) is 0 Å². The van der Waals surface area contributed by atoms with Crippen LogP contribution < -0.4 is 10.1 Å². The van der Waals surface area contributed by atoms with E-state index < -0.39 is 0 Å². The molecule has 2 heterocycles. The normalized spacial score (nSPS) is 10.4. The maximum absolute atomic E-state index is 5.36. The van der Waals surface area contributed by atoms with Crippen molar-refractivity contribution in [3.05, 3.63) is 35.3 Å². The third-order valence-corrected chi connectivity index (χ3v) is 2.94. The van der Waals surface area contributed by atoms with Gasteiger partial charge in [0.15, 0.2) is 0 Å². The van der Waals surface area contributed by atoms with Crippen molar-refractivity contribution in [3.63, 3.8) is 0 Å². The highest BCUT2D eigenvalue weighted by molar-refractivity contribution is 5.48. The Morgan fingerprint density at radius 3 is 2.78 bits per heavy atom. The highest BCUT2D eigenvalue weighted by atomic mass is 16.5. The third-order valence-electron chi connectivity index (χ3n) is 2.94. The lowest BCUT2D eigenvalue weighted by atomic mass is 10.2. The Morgan fingerprint density at radius 1 is 1.33 bits per heavy atom. The number of ether oxygens (including phenoxy) is 1. The molecule has 0 unspecified atom stereocenters. The zero-order chi connectivity index (χ0) is 13.1. The molecule has 0 radical (unpaired) electrons. The molecule has 0 aromatic carbocycles. The average molecular weight is 246 g/mol. The summed E-state index contributed by atoms with van der Waals surface area (Å²) in [6.07, 6.45) is 1.79. The smallest absolute Gasteiger partial charge is 0.216 e. The molecule has 0 aliphatic rings. The molecule has 0 bridgehead atoms. The zero-order valence-corrected chi connectivity index (χ0v) is 11.2. The van der Waals surface area contributed by atoms with Crippen LogP contribution in [0.15, 0.2) is 18.3 Å². The molecule has 0 spiro atoms. The summed E-state index contributed by atoms with van der Waals surface area (Å²) in [5.41, 5.74) is 4.06. The van der Waals surface area contributed by atoms with Crippen molar-refractivity contribution in [2.24, 2.45) is 7.05 Å². The lowest BCUT2D eigenvalue weighted by Gasteiger charge is -2.09. The van der Waals surface area contributed by atoms with Gasteiger partial charge in [0.05, 0.1) is 29.7 Å². The molecule has 2 rings (SSSR count). The third kappa shape index (κ3) is 2.30. The number of rotatable bonds is 4. The van der Waals surface area contributed by atoms with E-state index in [9.17, 15) is 0 Å². The number of methoxy groups -OCH3 is 1. The predicted octanol–water partition coefficient (Wildman–Crippen LogP) is 2.05. The number of hydrogen-bond acceptors (Lipinski definition) is 4. The van der Waals surface area contributed by atoms with Crippen LogP contribution in [0, 0.1) is 13.8 Å². The Kier molecular flexibility index (Phi) is 3.50. The first-order valence-corrected chi connectivity index (χ1v) is 5.85. The molecule has 0 saturated heterocycles. The van der Waals surface area contributed by atoms with Gasteiger partial charge in [-0.15, -0.1) is 0 Å². The minimum atomic E-state index is 0.676. The van der Waals surface area contributed by atoms with E-state index in [1.807, 2.05) is 33.0 Å². The minimum Gasteiger partial charge on any atom is -0.481 e. The molecule has 96 valence electrons. The second-order valence-corrected chi connectivity index (χ2v) is 4.19. The largest absolute Gasteiger partial charge is 0.481 e. The fourth-order valence-corrected chi connectivity index (χ4v) is 1.99. The molecule has 18 heavy (non-hydrogen) atoms. The van der Waals surface area contributed by atoms with Crippen LogP contribution in [-0.4, -0.2) is 21.9 Å². The Balaban J connectivity index is 2.18. The molecule has 1 N–H and O–H groups in total. The van der Waals surface area contributed by atoms with Crippen LogP contribution >= 0.6 is 0 Å². The van der Waals surface area contributed by atoms with Crippen molar-refractivity contribution in [3.8, 4) is 5.88 Å². The summed E-state index contributed by atoms with van der Waals surface area (Å²) >= 11 is 0. The molecular weight excluding hydrogens is 228 g/mol. The first kappa shape index (κ1) is 12.4. The van der Waals surface area contributed by atoms with Crippen LogP contribution in [0.2, 0.25) is 0 Å². The molecule has 2 aromatic heterocycles. The van der Waals surface area contributed by atoms with E-state index in [0.717, 1.165) is 28.5 Å². The van der Waals surface area contributed by atoms with Gasteiger partial charge in [0, 0.05) is 19.8 Å². The molecule has 5 nitrogen and oxygen atoms in total. The molecule has 0 fully saturated rings. The van der Waals surface area contributed by atoms with Crippen molar-refractivity contribution >= 4 is 5.69 Å². The highest BCUT2D eigenvalue weighted by Gasteiger charge is 2.13. The zero-order valence-electron chi connectivity index (χ0n) is 11.2. The molecule has 0 amide bonds. The van der Waals surface area contributed by atoms with Crippen molar-refractivity contribution in [1.29, 1.82) is 0 Å². The molecule has 0 aliphatic carbocycles. The predicted molar refractivity (Wildman–Crippen MR) is 70.8 cm³/mol. The topological polar surface area (TPSA) is 52.0 Å². The van der Waals surface area contributed by atoms with Crippen LogP contribution in [-0.2, 0) is 13.6 Å². The maximum atomic E-state index is 5.36. The first-order valence-electron chi connectivity index (χ1n) is 5.85. The van der Waals surface area contributed by atoms with Gasteiger partial charge in [-0.2, -0.15) is 5.10 Å². The van der Waals surface area contributed by atoms with Crippen LogP contribution in [0.4, 0.5) is 5.69 Å². The van der Waals surface area contributed by atoms with Gasteiger partial charge >= 0.3 is 0 Å². The van der Waals surface area contributed by atoms with Gasteiger partial charge in [-0.05, 0) is 26.0 Å². The Labute approximate surface area is 107 Å². The summed E-state index contributed by atoms with van der Waals surface area (Å²) in [6, 6.07) is 3.93. The Bertz CT molecular complexity index is 548. The van der Waals surface area contributed by atoms with Gasteiger partial charge in [-0.1, -0.05) is 0 Å². The van der Waals surface area contributed by atoms with Gasteiger partial charge in [0.25, 0.3) is 0 Å². The molecule has 0 aliphatic heterocycles. The summed E-state index contributed by atoms with van der Waals surface area (Å²) in [5.74, 6) is 0.793. The van der Waals surface area contributed by atoms with E-state index in [4.69, 9.17) is 4.74 Å². The second-order valence-electron chi connectivity index (χ2n) is 4.19. The highest BCUT2D eigenvalue weighted by Crippen LogP contribution is 2.22. The van der Waals surface area contributed by atoms with Gasteiger partial charge in [-0.3, -0.25) is 4.98 Å². The number of anilines is 1. The summed E-state index contributed by atoms with van der Waals surface area (Å²) < 4.78 is 7.11. The fourth-order valence-electron chi connectivity index (χ4n) is 1.99. The first-order chi connectivity index (χ1) is 8.63. The standard InChI is InChI=1S/C13H18N4O/c1-9-11(13(18-4)17(3)16-9)8-15-12-6-5-7-14-10(12)2/h5-7,15H,8H2,1-4H3. The van der Waals surface area contributed by atoms with E-state index in [1.165, 1.54) is 0 Å². The SMILES string of the molecule is COc1c(CNc2cccnc2C)c(C)nn1C. The quantitative estimate of drug-likeness (QED) is 0.897. The van der Waals surface area contributed by atoms with E-state index in [0.29, 0.717) is 6.54 Å². The number of pyridine rings is 1.